The maximum Gasteiger partial charge on any atom is 0.00274 e. The molecular weight excluding hydrogens is 276 g/mol. The molecule has 0 fully saturated rings. The molecule has 114 valence electrons. The van der Waals surface area contributed by atoms with Crippen molar-refractivity contribution < 1.29 is 0 Å². The Hall–Kier alpha value is -2.34. The van der Waals surface area contributed by atoms with E-state index in [1.165, 1.54) is 52.3 Å². The van der Waals surface area contributed by atoms with Crippen molar-refractivity contribution >= 4 is 16.8 Å². The highest BCUT2D eigenvalue weighted by molar-refractivity contribution is 5.99. The summed E-state index contributed by atoms with van der Waals surface area (Å²) in [6, 6.07) is 22.1. The van der Waals surface area contributed by atoms with Crippen molar-refractivity contribution in [3.63, 3.8) is 0 Å². The maximum atomic E-state index is 2.40. The second-order valence-corrected chi connectivity index (χ2v) is 6.44. The third-order valence-electron chi connectivity index (χ3n) is 4.98. The first kappa shape index (κ1) is 14.3. The fourth-order valence-electron chi connectivity index (χ4n) is 3.78. The van der Waals surface area contributed by atoms with E-state index in [9.17, 15) is 0 Å². The van der Waals surface area contributed by atoms with Gasteiger partial charge in [0.25, 0.3) is 0 Å². The minimum absolute atomic E-state index is 0.597. The van der Waals surface area contributed by atoms with E-state index in [0.29, 0.717) is 5.92 Å². The van der Waals surface area contributed by atoms with Gasteiger partial charge in [-0.15, -0.1) is 0 Å². The second kappa shape index (κ2) is 6.04. The molecule has 0 heterocycles. The van der Waals surface area contributed by atoms with Crippen molar-refractivity contribution in [2.24, 2.45) is 0 Å². The Kier molecular flexibility index (Phi) is 3.75. The summed E-state index contributed by atoms with van der Waals surface area (Å²) in [6.07, 6.45) is 8.57. The van der Waals surface area contributed by atoms with E-state index in [1.54, 1.807) is 0 Å². The van der Waals surface area contributed by atoms with Crippen LogP contribution in [0.2, 0.25) is 0 Å². The molecule has 1 atom stereocenters. The van der Waals surface area contributed by atoms with E-state index in [-0.39, 0.29) is 0 Å². The first-order valence-corrected chi connectivity index (χ1v) is 8.67. The summed E-state index contributed by atoms with van der Waals surface area (Å²) < 4.78 is 0. The number of benzene rings is 3. The predicted octanol–water partition coefficient (Wildman–Crippen LogP) is 6.81. The Morgan fingerprint density at radius 2 is 1.61 bits per heavy atom. The molecule has 0 N–H and O–H groups in total. The van der Waals surface area contributed by atoms with Crippen molar-refractivity contribution in [2.45, 2.75) is 32.1 Å². The van der Waals surface area contributed by atoms with Crippen LogP contribution in [0.5, 0.6) is 0 Å². The monoisotopic (exact) mass is 298 g/mol. The van der Waals surface area contributed by atoms with Crippen LogP contribution in [0.25, 0.3) is 28.0 Å². The summed E-state index contributed by atoms with van der Waals surface area (Å²) in [4.78, 5) is 0. The lowest BCUT2D eigenvalue weighted by molar-refractivity contribution is 0.669. The minimum atomic E-state index is 0.597. The van der Waals surface area contributed by atoms with Crippen molar-refractivity contribution in [3.8, 4) is 11.1 Å². The van der Waals surface area contributed by atoms with Gasteiger partial charge in [0.1, 0.15) is 0 Å². The number of fused-ring (bicyclic) bond motifs is 2. The molecule has 0 bridgehead atoms. The van der Waals surface area contributed by atoms with E-state index >= 15 is 0 Å². The topological polar surface area (TPSA) is 0 Å². The highest BCUT2D eigenvalue weighted by Gasteiger charge is 2.20. The molecule has 1 aliphatic rings. The normalized spacial score (nSPS) is 16.0. The van der Waals surface area contributed by atoms with Crippen molar-refractivity contribution in [1.29, 1.82) is 0 Å². The highest BCUT2D eigenvalue weighted by Crippen LogP contribution is 2.40. The van der Waals surface area contributed by atoms with Gasteiger partial charge in [-0.3, -0.25) is 0 Å². The van der Waals surface area contributed by atoms with Gasteiger partial charge in [0.2, 0.25) is 0 Å². The van der Waals surface area contributed by atoms with Crippen molar-refractivity contribution in [2.75, 3.05) is 0 Å². The summed E-state index contributed by atoms with van der Waals surface area (Å²) in [7, 11) is 0. The second-order valence-electron chi connectivity index (χ2n) is 6.44. The first-order chi connectivity index (χ1) is 11.4. The number of unbranched alkanes of at least 4 members (excludes halogenated alkanes) is 1. The zero-order valence-electron chi connectivity index (χ0n) is 13.6. The molecule has 3 aromatic rings. The Labute approximate surface area is 138 Å². The molecular formula is C23H22. The van der Waals surface area contributed by atoms with Gasteiger partial charge in [0, 0.05) is 5.92 Å². The van der Waals surface area contributed by atoms with Crippen LogP contribution in [0.1, 0.15) is 43.2 Å². The van der Waals surface area contributed by atoms with E-state index in [1.807, 2.05) is 0 Å². The molecule has 3 aromatic carbocycles. The van der Waals surface area contributed by atoms with Gasteiger partial charge in [-0.2, -0.15) is 0 Å². The van der Waals surface area contributed by atoms with Crippen molar-refractivity contribution in [1.82, 2.24) is 0 Å². The van der Waals surface area contributed by atoms with E-state index in [2.05, 4.69) is 79.7 Å². The standard InChI is InChI=1S/C23H22/c1-2-3-8-18-15-16-23-20(18)12-7-14-22(23)21-13-6-10-17-9-4-5-11-19(17)21/h4-7,9-16,18H,2-3,8H2,1H3. The van der Waals surface area contributed by atoms with Crippen molar-refractivity contribution in [3.05, 3.63) is 77.9 Å². The highest BCUT2D eigenvalue weighted by atomic mass is 14.2. The minimum Gasteiger partial charge on any atom is -0.0764 e. The number of hydrogen-bond donors (Lipinski definition) is 0. The Balaban J connectivity index is 1.85. The van der Waals surface area contributed by atoms with Gasteiger partial charge >= 0.3 is 0 Å². The molecule has 0 saturated carbocycles. The third-order valence-corrected chi connectivity index (χ3v) is 4.98. The summed E-state index contributed by atoms with van der Waals surface area (Å²) >= 11 is 0. The average molecular weight is 298 g/mol. The van der Waals surface area contributed by atoms with Gasteiger partial charge in [0.05, 0.1) is 0 Å². The zero-order chi connectivity index (χ0) is 15.6. The van der Waals surface area contributed by atoms with Crippen LogP contribution in [0.15, 0.2) is 66.7 Å². The van der Waals surface area contributed by atoms with Crippen LogP contribution < -0.4 is 0 Å². The number of hydrogen-bond acceptors (Lipinski definition) is 0. The van der Waals surface area contributed by atoms with E-state index in [0.717, 1.165) is 0 Å². The van der Waals surface area contributed by atoms with E-state index in [4.69, 9.17) is 0 Å². The van der Waals surface area contributed by atoms with Gasteiger partial charge < -0.3 is 0 Å². The molecule has 0 saturated heterocycles. The zero-order valence-corrected chi connectivity index (χ0v) is 13.6. The smallest absolute Gasteiger partial charge is 0.00274 e. The average Bonchev–Trinajstić information content (AvgIpc) is 3.02. The van der Waals surface area contributed by atoms with E-state index < -0.39 is 0 Å². The lowest BCUT2D eigenvalue weighted by atomic mass is 9.90. The maximum absolute atomic E-state index is 2.40. The molecule has 0 amide bonds. The van der Waals surface area contributed by atoms with Crippen LogP contribution in [0.3, 0.4) is 0 Å². The Morgan fingerprint density at radius 3 is 2.52 bits per heavy atom. The molecule has 0 aromatic heterocycles. The molecule has 23 heavy (non-hydrogen) atoms. The number of allylic oxidation sites excluding steroid dienone is 1. The quantitative estimate of drug-likeness (QED) is 0.496. The molecule has 0 aliphatic heterocycles. The van der Waals surface area contributed by atoms with Gasteiger partial charge in [-0.25, -0.2) is 0 Å². The fraction of sp³-hybridized carbons (Fsp3) is 0.217. The van der Waals surface area contributed by atoms with Gasteiger partial charge in [0.15, 0.2) is 0 Å². The molecule has 0 spiro atoms. The summed E-state index contributed by atoms with van der Waals surface area (Å²) in [5.74, 6) is 0.597. The Morgan fingerprint density at radius 1 is 0.826 bits per heavy atom. The predicted molar refractivity (Wildman–Crippen MR) is 101 cm³/mol. The molecule has 4 rings (SSSR count). The van der Waals surface area contributed by atoms with Crippen LogP contribution in [-0.4, -0.2) is 0 Å². The van der Waals surface area contributed by atoms with Gasteiger partial charge in [-0.05, 0) is 39.4 Å². The third kappa shape index (κ3) is 2.49. The lowest BCUT2D eigenvalue weighted by Gasteiger charge is -2.14. The Bertz CT molecular complexity index is 865. The first-order valence-electron chi connectivity index (χ1n) is 8.67. The summed E-state index contributed by atoms with van der Waals surface area (Å²) in [6.45, 7) is 2.27. The molecule has 0 radical (unpaired) electrons. The van der Waals surface area contributed by atoms with Crippen LogP contribution in [0.4, 0.5) is 0 Å². The molecule has 1 unspecified atom stereocenters. The van der Waals surface area contributed by atoms with Gasteiger partial charge in [-0.1, -0.05) is 92.6 Å². The molecule has 0 heteroatoms. The van der Waals surface area contributed by atoms with Crippen LogP contribution in [0, 0.1) is 0 Å². The fourth-order valence-corrected chi connectivity index (χ4v) is 3.78. The SMILES string of the molecule is CCCCC1C=Cc2c(-c3cccc4ccccc34)cccc21. The van der Waals surface area contributed by atoms with Crippen LogP contribution >= 0.6 is 0 Å². The molecule has 0 nitrogen and oxygen atoms in total. The number of rotatable bonds is 4. The lowest BCUT2D eigenvalue weighted by Crippen LogP contribution is -1.95. The largest absolute Gasteiger partial charge is 0.0764 e. The summed E-state index contributed by atoms with van der Waals surface area (Å²) in [5, 5.41) is 2.65. The molecule has 1 aliphatic carbocycles. The summed E-state index contributed by atoms with van der Waals surface area (Å²) in [5.41, 5.74) is 5.64. The van der Waals surface area contributed by atoms with Crippen LogP contribution in [-0.2, 0) is 0 Å².